The van der Waals surface area contributed by atoms with Crippen molar-refractivity contribution >= 4 is 0 Å². The van der Waals surface area contributed by atoms with Crippen molar-refractivity contribution in [1.29, 1.82) is 0 Å². The molecule has 16 heavy (non-hydrogen) atoms. The zero-order valence-electron chi connectivity index (χ0n) is 11.0. The molecule has 1 rings (SSSR count). The first kappa shape index (κ1) is 13.2. The van der Waals surface area contributed by atoms with E-state index in [9.17, 15) is 0 Å². The molecule has 0 bridgehead atoms. The molecule has 0 aliphatic carbocycles. The van der Waals surface area contributed by atoms with Crippen LogP contribution in [-0.2, 0) is 11.2 Å². The molecule has 0 atom stereocenters. The zero-order valence-corrected chi connectivity index (χ0v) is 11.0. The molecule has 0 aliphatic heterocycles. The van der Waals surface area contributed by atoms with Crippen molar-refractivity contribution in [3.8, 4) is 0 Å². The Morgan fingerprint density at radius 3 is 2.31 bits per heavy atom. The van der Waals surface area contributed by atoms with Gasteiger partial charge in [0, 0.05) is 13.0 Å². The first-order valence-electron chi connectivity index (χ1n) is 6.17. The number of benzene rings is 1. The quantitative estimate of drug-likeness (QED) is 0.702. The maximum atomic E-state index is 5.94. The normalized spacial score (nSPS) is 12.1. The molecule has 0 heterocycles. The summed E-state index contributed by atoms with van der Waals surface area (Å²) in [7, 11) is 0. The van der Waals surface area contributed by atoms with E-state index in [4.69, 9.17) is 4.74 Å². The van der Waals surface area contributed by atoms with Crippen LogP contribution in [0.15, 0.2) is 30.3 Å². The van der Waals surface area contributed by atoms with E-state index in [1.54, 1.807) is 0 Å². The monoisotopic (exact) mass is 220 g/mol. The molecule has 1 aromatic rings. The summed E-state index contributed by atoms with van der Waals surface area (Å²) in [4.78, 5) is 0. The summed E-state index contributed by atoms with van der Waals surface area (Å²) in [6, 6.07) is 10.5. The van der Waals surface area contributed by atoms with Crippen molar-refractivity contribution in [3.63, 3.8) is 0 Å². The van der Waals surface area contributed by atoms with Gasteiger partial charge in [0.25, 0.3) is 0 Å². The Hall–Kier alpha value is -0.820. The maximum absolute atomic E-state index is 5.94. The number of rotatable bonds is 6. The SMILES string of the molecule is CC(C)CCOC(C)(C)Cc1ccccc1. The minimum Gasteiger partial charge on any atom is -0.375 e. The van der Waals surface area contributed by atoms with Crippen molar-refractivity contribution in [2.45, 2.75) is 46.1 Å². The van der Waals surface area contributed by atoms with Crippen LogP contribution in [0.5, 0.6) is 0 Å². The highest BCUT2D eigenvalue weighted by atomic mass is 16.5. The summed E-state index contributed by atoms with van der Waals surface area (Å²) in [5.41, 5.74) is 1.29. The average molecular weight is 220 g/mol. The van der Waals surface area contributed by atoms with E-state index in [0.717, 1.165) is 19.4 Å². The fraction of sp³-hybridized carbons (Fsp3) is 0.600. The van der Waals surface area contributed by atoms with Crippen molar-refractivity contribution in [3.05, 3.63) is 35.9 Å². The van der Waals surface area contributed by atoms with Crippen LogP contribution in [0.2, 0.25) is 0 Å². The Labute approximate surface area is 99.8 Å². The van der Waals surface area contributed by atoms with Gasteiger partial charge in [-0.1, -0.05) is 44.2 Å². The molecular formula is C15H24O. The maximum Gasteiger partial charge on any atom is 0.0666 e. The fourth-order valence-electron chi connectivity index (χ4n) is 1.71. The molecule has 1 nitrogen and oxygen atoms in total. The van der Waals surface area contributed by atoms with Gasteiger partial charge < -0.3 is 4.74 Å². The second-order valence-corrected chi connectivity index (χ2v) is 5.45. The smallest absolute Gasteiger partial charge is 0.0666 e. The first-order chi connectivity index (χ1) is 7.49. The molecule has 0 radical (unpaired) electrons. The summed E-state index contributed by atoms with van der Waals surface area (Å²) < 4.78 is 5.94. The van der Waals surface area contributed by atoms with Crippen molar-refractivity contribution in [2.75, 3.05) is 6.61 Å². The van der Waals surface area contributed by atoms with Gasteiger partial charge in [0.2, 0.25) is 0 Å². The van der Waals surface area contributed by atoms with Gasteiger partial charge in [-0.05, 0) is 31.7 Å². The summed E-state index contributed by atoms with van der Waals surface area (Å²) in [5, 5.41) is 0. The van der Waals surface area contributed by atoms with Gasteiger partial charge in [0.1, 0.15) is 0 Å². The van der Waals surface area contributed by atoms with Gasteiger partial charge in [-0.2, -0.15) is 0 Å². The standard InChI is InChI=1S/C15H24O/c1-13(2)10-11-16-15(3,4)12-14-8-6-5-7-9-14/h5-9,13H,10-12H2,1-4H3. The van der Waals surface area contributed by atoms with Crippen LogP contribution in [-0.4, -0.2) is 12.2 Å². The fourth-order valence-corrected chi connectivity index (χ4v) is 1.71. The summed E-state index contributed by atoms with van der Waals surface area (Å²) in [6.45, 7) is 9.65. The predicted octanol–water partition coefficient (Wildman–Crippen LogP) is 4.07. The van der Waals surface area contributed by atoms with Crippen molar-refractivity contribution in [1.82, 2.24) is 0 Å². The minimum absolute atomic E-state index is 0.0593. The Balaban J connectivity index is 2.39. The lowest BCUT2D eigenvalue weighted by Gasteiger charge is -2.26. The van der Waals surface area contributed by atoms with E-state index in [1.165, 1.54) is 5.56 Å². The van der Waals surface area contributed by atoms with E-state index in [-0.39, 0.29) is 5.60 Å². The Morgan fingerprint density at radius 2 is 1.75 bits per heavy atom. The van der Waals surface area contributed by atoms with Crippen LogP contribution in [0, 0.1) is 5.92 Å². The van der Waals surface area contributed by atoms with E-state index >= 15 is 0 Å². The third kappa shape index (κ3) is 5.32. The zero-order chi connectivity index (χ0) is 12.0. The van der Waals surface area contributed by atoms with Crippen LogP contribution in [0.3, 0.4) is 0 Å². The van der Waals surface area contributed by atoms with Gasteiger partial charge in [0.15, 0.2) is 0 Å². The number of ether oxygens (including phenoxy) is 1. The number of hydrogen-bond acceptors (Lipinski definition) is 1. The molecule has 0 saturated heterocycles. The third-order valence-corrected chi connectivity index (χ3v) is 2.66. The van der Waals surface area contributed by atoms with Gasteiger partial charge in [-0.15, -0.1) is 0 Å². The van der Waals surface area contributed by atoms with Crippen LogP contribution < -0.4 is 0 Å². The van der Waals surface area contributed by atoms with E-state index in [0.29, 0.717) is 5.92 Å². The van der Waals surface area contributed by atoms with E-state index in [1.807, 2.05) is 0 Å². The molecule has 0 unspecified atom stereocenters. The van der Waals surface area contributed by atoms with E-state index in [2.05, 4.69) is 58.0 Å². The molecule has 90 valence electrons. The van der Waals surface area contributed by atoms with Crippen LogP contribution in [0.4, 0.5) is 0 Å². The Bertz CT molecular complexity index is 288. The Kier molecular flexibility index (Phi) is 5.01. The van der Waals surface area contributed by atoms with Crippen molar-refractivity contribution < 1.29 is 4.74 Å². The van der Waals surface area contributed by atoms with Gasteiger partial charge in [-0.3, -0.25) is 0 Å². The van der Waals surface area contributed by atoms with Gasteiger partial charge >= 0.3 is 0 Å². The molecule has 0 fully saturated rings. The molecule has 1 aromatic carbocycles. The molecule has 0 saturated carbocycles. The molecule has 0 aliphatic rings. The molecule has 0 spiro atoms. The highest BCUT2D eigenvalue weighted by molar-refractivity contribution is 5.16. The predicted molar refractivity (Wildman–Crippen MR) is 69.6 cm³/mol. The first-order valence-corrected chi connectivity index (χ1v) is 6.17. The molecule has 0 aromatic heterocycles. The van der Waals surface area contributed by atoms with Gasteiger partial charge in [-0.25, -0.2) is 0 Å². The average Bonchev–Trinajstić information content (AvgIpc) is 2.17. The lowest BCUT2D eigenvalue weighted by molar-refractivity contribution is -0.0214. The topological polar surface area (TPSA) is 9.23 Å². The lowest BCUT2D eigenvalue weighted by Crippen LogP contribution is -2.28. The third-order valence-electron chi connectivity index (χ3n) is 2.66. The summed E-state index contributed by atoms with van der Waals surface area (Å²) in [5.74, 6) is 0.715. The number of hydrogen-bond donors (Lipinski definition) is 0. The Morgan fingerprint density at radius 1 is 1.12 bits per heavy atom. The molecule has 1 heteroatoms. The summed E-state index contributed by atoms with van der Waals surface area (Å²) in [6.07, 6.45) is 2.12. The molecule has 0 N–H and O–H groups in total. The second kappa shape index (κ2) is 6.05. The van der Waals surface area contributed by atoms with Crippen molar-refractivity contribution in [2.24, 2.45) is 5.92 Å². The minimum atomic E-state index is -0.0593. The largest absolute Gasteiger partial charge is 0.375 e. The van der Waals surface area contributed by atoms with Crippen LogP contribution in [0.25, 0.3) is 0 Å². The van der Waals surface area contributed by atoms with Crippen LogP contribution >= 0.6 is 0 Å². The second-order valence-electron chi connectivity index (χ2n) is 5.45. The lowest BCUT2D eigenvalue weighted by atomic mass is 9.98. The molecule has 0 amide bonds. The van der Waals surface area contributed by atoms with Gasteiger partial charge in [0.05, 0.1) is 5.60 Å². The highest BCUT2D eigenvalue weighted by Crippen LogP contribution is 2.17. The van der Waals surface area contributed by atoms with E-state index < -0.39 is 0 Å². The highest BCUT2D eigenvalue weighted by Gasteiger charge is 2.18. The van der Waals surface area contributed by atoms with Crippen LogP contribution in [0.1, 0.15) is 39.7 Å². The molecular weight excluding hydrogens is 196 g/mol. The summed E-state index contributed by atoms with van der Waals surface area (Å²) >= 11 is 0.